The van der Waals surface area contributed by atoms with Crippen molar-refractivity contribution >= 4 is 21.8 Å². The number of likely N-dealkylation sites (N-methyl/N-ethyl adjacent to an activating group) is 1. The molecule has 1 aliphatic rings. The Kier molecular flexibility index (Phi) is 5.71. The third-order valence-corrected chi connectivity index (χ3v) is 6.07. The monoisotopic (exact) mass is 464 g/mol. The molecule has 0 amide bonds. The number of benzene rings is 2. The first-order chi connectivity index (χ1) is 16.4. The van der Waals surface area contributed by atoms with Crippen molar-refractivity contribution in [2.75, 3.05) is 26.7 Å². The maximum absolute atomic E-state index is 13.1. The summed E-state index contributed by atoms with van der Waals surface area (Å²) >= 11 is 0. The van der Waals surface area contributed by atoms with Gasteiger partial charge in [-0.25, -0.2) is 18.4 Å². The molecule has 1 fully saturated rings. The van der Waals surface area contributed by atoms with Crippen molar-refractivity contribution in [3.63, 3.8) is 0 Å². The van der Waals surface area contributed by atoms with Crippen molar-refractivity contribution in [3.8, 4) is 11.8 Å². The average Bonchev–Trinajstić information content (AvgIpc) is 3.43. The highest BCUT2D eigenvalue weighted by molar-refractivity contribution is 5.84. The molecule has 1 saturated heterocycles. The number of hydrogen-bond donors (Lipinski definition) is 1. The molecule has 1 aliphatic heterocycles. The van der Waals surface area contributed by atoms with Crippen LogP contribution in [0.5, 0.6) is 5.75 Å². The second kappa shape index (κ2) is 8.83. The van der Waals surface area contributed by atoms with Gasteiger partial charge in [0.05, 0.1) is 40.1 Å². The lowest BCUT2D eigenvalue weighted by Gasteiger charge is -2.16. The van der Waals surface area contributed by atoms with Crippen molar-refractivity contribution in [2.24, 2.45) is 0 Å². The van der Waals surface area contributed by atoms with Gasteiger partial charge in [0, 0.05) is 24.5 Å². The molecular weight excluding hydrogens is 442 g/mol. The smallest absolute Gasteiger partial charge is 0.274 e. The molecule has 1 unspecified atom stereocenters. The number of aromatic amines is 1. The molecule has 34 heavy (non-hydrogen) atoms. The second-order valence-electron chi connectivity index (χ2n) is 8.49. The van der Waals surface area contributed by atoms with Gasteiger partial charge in [0.2, 0.25) is 0 Å². The summed E-state index contributed by atoms with van der Waals surface area (Å²) in [5.41, 5.74) is 1.83. The lowest BCUT2D eigenvalue weighted by Crippen LogP contribution is -2.30. The second-order valence-corrected chi connectivity index (χ2v) is 8.49. The van der Waals surface area contributed by atoms with Gasteiger partial charge in [-0.3, -0.25) is 4.79 Å². The molecule has 3 heterocycles. The van der Waals surface area contributed by atoms with E-state index in [4.69, 9.17) is 9.84 Å². The van der Waals surface area contributed by atoms with Gasteiger partial charge in [0.1, 0.15) is 24.3 Å². The van der Waals surface area contributed by atoms with E-state index in [0.717, 1.165) is 24.9 Å². The summed E-state index contributed by atoms with van der Waals surface area (Å²) in [6.45, 7) is 0.862. The minimum atomic E-state index is -2.65. The summed E-state index contributed by atoms with van der Waals surface area (Å²) in [6, 6.07) is 12.4. The lowest BCUT2D eigenvalue weighted by molar-refractivity contribution is 0.0818. The zero-order chi connectivity index (χ0) is 23.8. The number of hydrogen-bond acceptors (Lipinski definition) is 6. The van der Waals surface area contributed by atoms with Gasteiger partial charge in [-0.1, -0.05) is 18.2 Å². The first-order valence-corrected chi connectivity index (χ1v) is 11.0. The molecule has 4 aromatic rings. The van der Waals surface area contributed by atoms with Crippen molar-refractivity contribution in [2.45, 2.75) is 25.3 Å². The Morgan fingerprint density at radius 1 is 1.29 bits per heavy atom. The molecule has 0 saturated carbocycles. The summed E-state index contributed by atoms with van der Waals surface area (Å²) in [6.07, 6.45) is -1.47. The van der Waals surface area contributed by atoms with Crippen LogP contribution in [0.1, 0.15) is 29.5 Å². The molecule has 0 aliphatic carbocycles. The van der Waals surface area contributed by atoms with E-state index in [-0.39, 0.29) is 22.9 Å². The summed E-state index contributed by atoms with van der Waals surface area (Å²) < 4.78 is 31.8. The average molecular weight is 464 g/mol. The molecule has 8 nitrogen and oxygen atoms in total. The Morgan fingerprint density at radius 2 is 2.09 bits per heavy atom. The maximum Gasteiger partial charge on any atom is 0.274 e. The number of alkyl halides is 2. The van der Waals surface area contributed by atoms with E-state index in [9.17, 15) is 18.8 Å². The Labute approximate surface area is 193 Å². The Bertz CT molecular complexity index is 1470. The fraction of sp³-hybridized carbons (Fsp3) is 0.333. The zero-order valence-corrected chi connectivity index (χ0v) is 18.5. The Morgan fingerprint density at radius 3 is 2.79 bits per heavy atom. The van der Waals surface area contributed by atoms with Gasteiger partial charge >= 0.3 is 0 Å². The van der Waals surface area contributed by atoms with E-state index >= 15 is 0 Å². The van der Waals surface area contributed by atoms with Gasteiger partial charge in [-0.15, -0.1) is 0 Å². The van der Waals surface area contributed by atoms with Crippen LogP contribution in [0.25, 0.3) is 21.8 Å². The summed E-state index contributed by atoms with van der Waals surface area (Å²) in [4.78, 5) is 23.1. The number of nitriles is 1. The third-order valence-electron chi connectivity index (χ3n) is 6.07. The SMILES string of the molecule is CN1CCC(n2nc(Cc3nc4cc(OCC(F)F)c(C#N)cc4[nH]3)c3ccccc3c2=O)C1. The quantitative estimate of drug-likeness (QED) is 0.470. The molecule has 0 spiro atoms. The maximum atomic E-state index is 13.1. The number of aromatic nitrogens is 4. The third kappa shape index (κ3) is 4.10. The fourth-order valence-corrected chi connectivity index (χ4v) is 4.46. The molecule has 10 heteroatoms. The highest BCUT2D eigenvalue weighted by atomic mass is 19.3. The zero-order valence-electron chi connectivity index (χ0n) is 18.5. The van der Waals surface area contributed by atoms with E-state index in [1.807, 2.05) is 37.4 Å². The number of rotatable bonds is 6. The Balaban J connectivity index is 1.55. The van der Waals surface area contributed by atoms with Gasteiger partial charge < -0.3 is 14.6 Å². The predicted octanol–water partition coefficient (Wildman–Crippen LogP) is 3.26. The number of likely N-dealkylation sites (tertiary alicyclic amines) is 1. The number of ether oxygens (including phenoxy) is 1. The molecule has 0 bridgehead atoms. The van der Waals surface area contributed by atoms with Crippen LogP contribution in [0.2, 0.25) is 0 Å². The van der Waals surface area contributed by atoms with Crippen molar-refractivity contribution in [1.29, 1.82) is 5.26 Å². The predicted molar refractivity (Wildman–Crippen MR) is 122 cm³/mol. The molecule has 5 rings (SSSR count). The first kappa shape index (κ1) is 22.0. The van der Waals surface area contributed by atoms with E-state index in [0.29, 0.717) is 34.4 Å². The van der Waals surface area contributed by atoms with Crippen LogP contribution < -0.4 is 10.3 Å². The van der Waals surface area contributed by atoms with Gasteiger partial charge in [-0.05, 0) is 25.6 Å². The number of fused-ring (bicyclic) bond motifs is 2. The highest BCUT2D eigenvalue weighted by Gasteiger charge is 2.25. The summed E-state index contributed by atoms with van der Waals surface area (Å²) in [5.74, 6) is 0.645. The van der Waals surface area contributed by atoms with E-state index in [2.05, 4.69) is 14.9 Å². The molecule has 1 atom stereocenters. The van der Waals surface area contributed by atoms with Gasteiger partial charge in [-0.2, -0.15) is 10.4 Å². The Hall–Kier alpha value is -3.84. The van der Waals surface area contributed by atoms with Crippen LogP contribution in [0, 0.1) is 11.3 Å². The van der Waals surface area contributed by atoms with Gasteiger partial charge in [0.15, 0.2) is 0 Å². The molecule has 0 radical (unpaired) electrons. The summed E-state index contributed by atoms with van der Waals surface area (Å²) in [7, 11) is 2.02. The number of halogens is 2. The van der Waals surface area contributed by atoms with E-state index in [1.54, 1.807) is 4.68 Å². The normalized spacial score (nSPS) is 16.5. The van der Waals surface area contributed by atoms with Crippen LogP contribution in [0.3, 0.4) is 0 Å². The van der Waals surface area contributed by atoms with Crippen molar-refractivity contribution in [3.05, 3.63) is 63.8 Å². The van der Waals surface area contributed by atoms with Crippen molar-refractivity contribution in [1.82, 2.24) is 24.6 Å². The minimum Gasteiger partial charge on any atom is -0.486 e. The molecule has 2 aromatic heterocycles. The van der Waals surface area contributed by atoms with Crippen LogP contribution in [0.15, 0.2) is 41.2 Å². The standard InChI is InChI=1S/C24H22F2N6O2/c1-31-7-6-15(12-31)32-24(33)17-5-3-2-4-16(17)18(30-32)10-23-28-19-8-14(11-27)21(9-20(19)29-23)34-13-22(25)26/h2-5,8-9,15,22H,6-7,10,12-13H2,1H3,(H,28,29). The number of imidazole rings is 1. The number of nitrogens with zero attached hydrogens (tertiary/aromatic N) is 5. The fourth-order valence-electron chi connectivity index (χ4n) is 4.46. The number of H-pyrrole nitrogens is 1. The largest absolute Gasteiger partial charge is 0.486 e. The first-order valence-electron chi connectivity index (χ1n) is 11.0. The van der Waals surface area contributed by atoms with Crippen LogP contribution in [-0.2, 0) is 6.42 Å². The topological polar surface area (TPSA) is 99.8 Å². The minimum absolute atomic E-state index is 0.00394. The number of nitrogens with one attached hydrogen (secondary N) is 1. The summed E-state index contributed by atoms with van der Waals surface area (Å²) in [5, 5.41) is 15.5. The van der Waals surface area contributed by atoms with E-state index in [1.165, 1.54) is 12.1 Å². The lowest BCUT2D eigenvalue weighted by atomic mass is 10.1. The van der Waals surface area contributed by atoms with Crippen LogP contribution in [-0.4, -0.2) is 57.8 Å². The van der Waals surface area contributed by atoms with Gasteiger partial charge in [0.25, 0.3) is 12.0 Å². The molecular formula is C24H22F2N6O2. The highest BCUT2D eigenvalue weighted by Crippen LogP contribution is 2.26. The van der Waals surface area contributed by atoms with Crippen LogP contribution >= 0.6 is 0 Å². The van der Waals surface area contributed by atoms with Crippen molar-refractivity contribution < 1.29 is 13.5 Å². The van der Waals surface area contributed by atoms with E-state index < -0.39 is 13.0 Å². The molecule has 174 valence electrons. The van der Waals surface area contributed by atoms with Crippen LogP contribution in [0.4, 0.5) is 8.78 Å². The molecule has 1 N–H and O–H groups in total. The molecule has 2 aromatic carbocycles.